The number of aliphatic hydroxyl groups is 1. The van der Waals surface area contributed by atoms with E-state index in [-0.39, 0.29) is 12.5 Å². The summed E-state index contributed by atoms with van der Waals surface area (Å²) in [5, 5.41) is 13.1. The summed E-state index contributed by atoms with van der Waals surface area (Å²) in [5.74, 6) is -0.0515. The molecule has 0 heterocycles. The molecule has 7 heteroatoms. The van der Waals surface area contributed by atoms with E-state index in [1.807, 2.05) is 36.4 Å². The molecule has 0 aromatic heterocycles. The van der Waals surface area contributed by atoms with Crippen molar-refractivity contribution >= 4 is 23.6 Å². The molecular formula is C23H28N2O5. The second-order valence-electron chi connectivity index (χ2n) is 6.77. The lowest BCUT2D eigenvalue weighted by molar-refractivity contribution is -0.134. The minimum atomic E-state index is -0.846. The van der Waals surface area contributed by atoms with Crippen molar-refractivity contribution in [2.45, 2.75) is 32.0 Å². The second kappa shape index (κ2) is 11.7. The van der Waals surface area contributed by atoms with E-state index in [0.29, 0.717) is 24.2 Å². The maximum Gasteiger partial charge on any atom is 0.330 e. The highest BCUT2D eigenvalue weighted by atomic mass is 16.5. The van der Waals surface area contributed by atoms with Gasteiger partial charge >= 0.3 is 5.97 Å². The summed E-state index contributed by atoms with van der Waals surface area (Å²) in [6.07, 6.45) is 2.73. The summed E-state index contributed by atoms with van der Waals surface area (Å²) in [5.41, 5.74) is 8.13. The highest BCUT2D eigenvalue weighted by Gasteiger charge is 2.21. The van der Waals surface area contributed by atoms with E-state index in [1.54, 1.807) is 18.2 Å². The van der Waals surface area contributed by atoms with Crippen molar-refractivity contribution in [1.29, 1.82) is 0 Å². The number of hydrogen-bond donors (Lipinski definition) is 3. The van der Waals surface area contributed by atoms with E-state index in [2.05, 4.69) is 10.1 Å². The molecule has 0 fully saturated rings. The summed E-state index contributed by atoms with van der Waals surface area (Å²) in [6, 6.07) is 14.7. The molecule has 30 heavy (non-hydrogen) atoms. The number of aliphatic hydroxyl groups excluding tert-OH is 1. The number of anilines is 1. The quantitative estimate of drug-likeness (QED) is 0.409. The number of methoxy groups -OCH3 is 1. The van der Waals surface area contributed by atoms with Crippen LogP contribution in [0.3, 0.4) is 0 Å². The maximum absolute atomic E-state index is 11.4. The molecule has 7 nitrogen and oxygen atoms in total. The Kier molecular flexibility index (Phi) is 9.05. The number of carbonyl (C=O) groups excluding carboxylic acids is 2. The van der Waals surface area contributed by atoms with Crippen molar-refractivity contribution in [3.63, 3.8) is 0 Å². The first-order chi connectivity index (χ1) is 14.4. The molecule has 2 rings (SSSR count). The highest BCUT2D eigenvalue weighted by molar-refractivity contribution is 5.88. The summed E-state index contributed by atoms with van der Waals surface area (Å²) < 4.78 is 10.7. The summed E-state index contributed by atoms with van der Waals surface area (Å²) in [7, 11) is 1.31. The molecule has 0 aliphatic rings. The molecule has 160 valence electrons. The number of esters is 1. The van der Waals surface area contributed by atoms with Crippen molar-refractivity contribution < 1.29 is 24.2 Å². The average molecular weight is 412 g/mol. The molecule has 0 spiro atoms. The van der Waals surface area contributed by atoms with Crippen LogP contribution in [0.15, 0.2) is 54.6 Å². The van der Waals surface area contributed by atoms with Crippen LogP contribution in [0.25, 0.3) is 6.08 Å². The number of para-hydroxylation sites is 1. The lowest BCUT2D eigenvalue weighted by Crippen LogP contribution is -2.38. The number of hydrogen-bond acceptors (Lipinski definition) is 6. The Bertz CT molecular complexity index is 864. The molecule has 0 saturated heterocycles. The van der Waals surface area contributed by atoms with E-state index < -0.39 is 18.2 Å². The number of nitrogens with two attached hydrogens (primary N) is 1. The number of nitrogens with one attached hydrogen (secondary N) is 1. The predicted octanol–water partition coefficient (Wildman–Crippen LogP) is 2.53. The lowest BCUT2D eigenvalue weighted by Gasteiger charge is -2.24. The molecule has 4 N–H and O–H groups in total. The molecule has 0 radical (unpaired) electrons. The van der Waals surface area contributed by atoms with Crippen molar-refractivity contribution in [1.82, 2.24) is 0 Å². The van der Waals surface area contributed by atoms with Crippen molar-refractivity contribution in [3.8, 4) is 5.75 Å². The van der Waals surface area contributed by atoms with Gasteiger partial charge in [0.15, 0.2) is 0 Å². The summed E-state index contributed by atoms with van der Waals surface area (Å²) >= 11 is 0. The number of aryl methyl sites for hydroxylation is 1. The Hall–Kier alpha value is -3.16. The van der Waals surface area contributed by atoms with Crippen LogP contribution in [0.2, 0.25) is 0 Å². The van der Waals surface area contributed by atoms with Gasteiger partial charge in [-0.15, -0.1) is 0 Å². The Morgan fingerprint density at radius 1 is 1.17 bits per heavy atom. The van der Waals surface area contributed by atoms with Crippen molar-refractivity contribution in [2.24, 2.45) is 5.73 Å². The van der Waals surface area contributed by atoms with Gasteiger partial charge in [-0.2, -0.15) is 0 Å². The zero-order chi connectivity index (χ0) is 21.9. The van der Waals surface area contributed by atoms with Gasteiger partial charge in [0, 0.05) is 30.8 Å². The number of rotatable bonds is 10. The third-order valence-electron chi connectivity index (χ3n) is 4.46. The third-order valence-corrected chi connectivity index (χ3v) is 4.46. The van der Waals surface area contributed by atoms with E-state index in [1.165, 1.54) is 20.1 Å². The van der Waals surface area contributed by atoms with Gasteiger partial charge in [-0.3, -0.25) is 4.79 Å². The van der Waals surface area contributed by atoms with E-state index in [0.717, 1.165) is 11.3 Å². The molecule has 2 unspecified atom stereocenters. The Morgan fingerprint density at radius 3 is 2.50 bits per heavy atom. The van der Waals surface area contributed by atoms with Gasteiger partial charge in [0.2, 0.25) is 5.91 Å². The van der Waals surface area contributed by atoms with Crippen LogP contribution >= 0.6 is 0 Å². The van der Waals surface area contributed by atoms with Gasteiger partial charge in [0.05, 0.1) is 7.11 Å². The molecule has 1 amide bonds. The first-order valence-electron chi connectivity index (χ1n) is 9.69. The van der Waals surface area contributed by atoms with Crippen LogP contribution in [0.5, 0.6) is 5.75 Å². The summed E-state index contributed by atoms with van der Waals surface area (Å²) in [4.78, 5) is 22.5. The molecule has 2 aromatic rings. The highest BCUT2D eigenvalue weighted by Crippen LogP contribution is 2.23. The van der Waals surface area contributed by atoms with Gasteiger partial charge in [-0.05, 0) is 42.7 Å². The molecule has 0 aliphatic carbocycles. The topological polar surface area (TPSA) is 111 Å². The predicted molar refractivity (Wildman–Crippen MR) is 116 cm³/mol. The van der Waals surface area contributed by atoms with Crippen LogP contribution in [0.1, 0.15) is 24.5 Å². The Labute approximate surface area is 176 Å². The molecule has 0 aliphatic heterocycles. The SMILES string of the molecule is COC(=O)/C=C/c1ccccc1OC(CCc1ccc(NC(C)=O)cc1)C(O)CN. The molecule has 2 aromatic carbocycles. The standard InChI is InChI=1S/C23H28N2O5/c1-16(26)25-19-11-7-17(8-12-19)9-13-22(20(27)15-24)30-21-6-4-3-5-18(21)10-14-23(28)29-2/h3-8,10-12,14,20,22,27H,9,13,15,24H2,1-2H3,(H,25,26)/b14-10+. The van der Waals surface area contributed by atoms with E-state index in [4.69, 9.17) is 10.5 Å². The maximum atomic E-state index is 11.4. The largest absolute Gasteiger partial charge is 0.487 e. The lowest BCUT2D eigenvalue weighted by atomic mass is 10.0. The van der Waals surface area contributed by atoms with E-state index >= 15 is 0 Å². The van der Waals surface area contributed by atoms with Gasteiger partial charge in [0.1, 0.15) is 18.0 Å². The Balaban J connectivity index is 2.09. The second-order valence-corrected chi connectivity index (χ2v) is 6.77. The third kappa shape index (κ3) is 7.35. The van der Waals surface area contributed by atoms with Gasteiger partial charge in [0.25, 0.3) is 0 Å². The fraction of sp³-hybridized carbons (Fsp3) is 0.304. The minimum absolute atomic E-state index is 0.0618. The van der Waals surface area contributed by atoms with Crippen LogP contribution in [-0.4, -0.2) is 42.8 Å². The number of carbonyl (C=O) groups is 2. The zero-order valence-corrected chi connectivity index (χ0v) is 17.2. The Morgan fingerprint density at radius 2 is 1.87 bits per heavy atom. The number of ether oxygens (including phenoxy) is 2. The first kappa shape index (κ1) is 23.1. The van der Waals surface area contributed by atoms with Gasteiger partial charge in [-0.1, -0.05) is 30.3 Å². The van der Waals surface area contributed by atoms with Gasteiger partial charge in [-0.25, -0.2) is 4.79 Å². The van der Waals surface area contributed by atoms with Crippen LogP contribution in [0, 0.1) is 0 Å². The molecular weight excluding hydrogens is 384 g/mol. The summed E-state index contributed by atoms with van der Waals surface area (Å²) in [6.45, 7) is 1.52. The monoisotopic (exact) mass is 412 g/mol. The minimum Gasteiger partial charge on any atom is -0.487 e. The zero-order valence-electron chi connectivity index (χ0n) is 17.2. The van der Waals surface area contributed by atoms with Crippen LogP contribution < -0.4 is 15.8 Å². The first-order valence-corrected chi connectivity index (χ1v) is 9.69. The molecule has 2 atom stereocenters. The van der Waals surface area contributed by atoms with Crippen molar-refractivity contribution in [3.05, 3.63) is 65.7 Å². The van der Waals surface area contributed by atoms with E-state index in [9.17, 15) is 14.7 Å². The smallest absolute Gasteiger partial charge is 0.330 e. The van der Waals surface area contributed by atoms with Crippen LogP contribution in [-0.2, 0) is 20.7 Å². The van der Waals surface area contributed by atoms with Gasteiger partial charge < -0.3 is 25.6 Å². The van der Waals surface area contributed by atoms with Crippen molar-refractivity contribution in [2.75, 3.05) is 19.0 Å². The number of benzene rings is 2. The average Bonchev–Trinajstić information content (AvgIpc) is 2.75. The molecule has 0 bridgehead atoms. The molecule has 0 saturated carbocycles. The van der Waals surface area contributed by atoms with Crippen LogP contribution in [0.4, 0.5) is 5.69 Å². The normalized spacial score (nSPS) is 12.9. The number of amides is 1. The fourth-order valence-corrected chi connectivity index (χ4v) is 2.86. The fourth-order valence-electron chi connectivity index (χ4n) is 2.86.